The van der Waals surface area contributed by atoms with E-state index >= 15 is 0 Å². The van der Waals surface area contributed by atoms with Crippen LogP contribution in [0.3, 0.4) is 0 Å². The van der Waals surface area contributed by atoms with Crippen LogP contribution >= 0.6 is 0 Å². The molecule has 0 bridgehead atoms. The molecule has 18 heavy (non-hydrogen) atoms. The van der Waals surface area contributed by atoms with Crippen molar-refractivity contribution in [3.05, 3.63) is 47.8 Å². The summed E-state index contributed by atoms with van der Waals surface area (Å²) in [5.41, 5.74) is 7.00. The molecule has 2 heterocycles. The maximum Gasteiger partial charge on any atom is 0.122 e. The molecule has 0 radical (unpaired) electrons. The molecule has 98 valence electrons. The number of rotatable bonds is 6. The first-order valence-corrected chi connectivity index (χ1v) is 6.24. The standard InChI is InChI=1S/C14H20N2O2/c1-3-12-4-5-14(18-12)13(8-15)16(2)9-11-6-7-17-10-11/h4-7,10,13H,3,8-9,15H2,1-2H3. The quantitative estimate of drug-likeness (QED) is 0.853. The molecule has 0 saturated heterocycles. The number of nitrogens with zero attached hydrogens (tertiary/aromatic N) is 1. The summed E-state index contributed by atoms with van der Waals surface area (Å²) in [5.74, 6) is 1.93. The number of likely N-dealkylation sites (N-methyl/N-ethyl adjacent to an activating group) is 1. The zero-order valence-electron chi connectivity index (χ0n) is 10.9. The Morgan fingerprint density at radius 3 is 2.72 bits per heavy atom. The van der Waals surface area contributed by atoms with E-state index in [9.17, 15) is 0 Å². The van der Waals surface area contributed by atoms with Crippen molar-refractivity contribution in [3.8, 4) is 0 Å². The van der Waals surface area contributed by atoms with Gasteiger partial charge in [-0.2, -0.15) is 0 Å². The second kappa shape index (κ2) is 5.89. The minimum Gasteiger partial charge on any atom is -0.472 e. The fraction of sp³-hybridized carbons (Fsp3) is 0.429. The highest BCUT2D eigenvalue weighted by Crippen LogP contribution is 2.22. The molecule has 0 amide bonds. The van der Waals surface area contributed by atoms with Crippen LogP contribution in [0.5, 0.6) is 0 Å². The molecule has 0 spiro atoms. The summed E-state index contributed by atoms with van der Waals surface area (Å²) in [4.78, 5) is 2.17. The van der Waals surface area contributed by atoms with Gasteiger partial charge in [0.1, 0.15) is 11.5 Å². The third kappa shape index (κ3) is 2.83. The normalized spacial score (nSPS) is 13.1. The first-order valence-electron chi connectivity index (χ1n) is 6.24. The topological polar surface area (TPSA) is 55.5 Å². The number of hydrogen-bond acceptors (Lipinski definition) is 4. The Kier molecular flexibility index (Phi) is 4.23. The van der Waals surface area contributed by atoms with Crippen LogP contribution in [0.1, 0.15) is 30.0 Å². The smallest absolute Gasteiger partial charge is 0.122 e. The van der Waals surface area contributed by atoms with Gasteiger partial charge in [-0.15, -0.1) is 0 Å². The van der Waals surface area contributed by atoms with Crippen LogP contribution in [0, 0.1) is 0 Å². The summed E-state index contributed by atoms with van der Waals surface area (Å²) in [6.07, 6.45) is 4.34. The fourth-order valence-corrected chi connectivity index (χ4v) is 2.06. The second-order valence-electron chi connectivity index (χ2n) is 4.46. The van der Waals surface area contributed by atoms with Gasteiger partial charge in [-0.05, 0) is 25.2 Å². The molecule has 0 aliphatic rings. The van der Waals surface area contributed by atoms with Gasteiger partial charge in [0.15, 0.2) is 0 Å². The van der Waals surface area contributed by atoms with Crippen LogP contribution < -0.4 is 5.73 Å². The Labute approximate surface area is 107 Å². The molecular weight excluding hydrogens is 228 g/mol. The predicted molar refractivity (Wildman–Crippen MR) is 70.1 cm³/mol. The number of nitrogens with two attached hydrogens (primary N) is 1. The SMILES string of the molecule is CCc1ccc(C(CN)N(C)Cc2ccoc2)o1. The summed E-state index contributed by atoms with van der Waals surface area (Å²) < 4.78 is 10.9. The van der Waals surface area contributed by atoms with Crippen LogP contribution in [-0.2, 0) is 13.0 Å². The van der Waals surface area contributed by atoms with Crippen molar-refractivity contribution < 1.29 is 8.83 Å². The van der Waals surface area contributed by atoms with Gasteiger partial charge in [0.25, 0.3) is 0 Å². The van der Waals surface area contributed by atoms with Gasteiger partial charge >= 0.3 is 0 Å². The van der Waals surface area contributed by atoms with Gasteiger partial charge in [-0.1, -0.05) is 6.92 Å². The first kappa shape index (κ1) is 12.9. The molecule has 4 nitrogen and oxygen atoms in total. The maximum absolute atomic E-state index is 5.86. The molecule has 0 aromatic carbocycles. The van der Waals surface area contributed by atoms with Crippen molar-refractivity contribution in [2.45, 2.75) is 25.9 Å². The zero-order valence-corrected chi connectivity index (χ0v) is 10.9. The molecule has 0 saturated carbocycles. The fourth-order valence-electron chi connectivity index (χ4n) is 2.06. The monoisotopic (exact) mass is 248 g/mol. The van der Waals surface area contributed by atoms with Gasteiger partial charge < -0.3 is 14.6 Å². The highest BCUT2D eigenvalue weighted by Gasteiger charge is 2.19. The van der Waals surface area contributed by atoms with E-state index in [4.69, 9.17) is 14.6 Å². The molecule has 2 aromatic rings. The molecule has 2 N–H and O–H groups in total. The zero-order chi connectivity index (χ0) is 13.0. The second-order valence-corrected chi connectivity index (χ2v) is 4.46. The Morgan fingerprint density at radius 2 is 2.17 bits per heavy atom. The summed E-state index contributed by atoms with van der Waals surface area (Å²) in [6, 6.07) is 6.09. The van der Waals surface area contributed by atoms with Gasteiger partial charge in [0.2, 0.25) is 0 Å². The highest BCUT2D eigenvalue weighted by atomic mass is 16.3. The Hall–Kier alpha value is -1.52. The molecule has 0 aliphatic carbocycles. The summed E-state index contributed by atoms with van der Waals surface area (Å²) in [7, 11) is 2.04. The van der Waals surface area contributed by atoms with E-state index in [0.717, 1.165) is 30.0 Å². The average Bonchev–Trinajstić information content (AvgIpc) is 3.01. The molecule has 2 rings (SSSR count). The number of hydrogen-bond donors (Lipinski definition) is 1. The molecule has 0 aliphatic heterocycles. The Morgan fingerprint density at radius 1 is 1.33 bits per heavy atom. The van der Waals surface area contributed by atoms with Crippen molar-refractivity contribution in [1.29, 1.82) is 0 Å². The third-order valence-electron chi connectivity index (χ3n) is 3.13. The molecular formula is C14H20N2O2. The molecule has 1 unspecified atom stereocenters. The average molecular weight is 248 g/mol. The highest BCUT2D eigenvalue weighted by molar-refractivity contribution is 5.12. The van der Waals surface area contributed by atoms with Gasteiger partial charge in [0, 0.05) is 25.1 Å². The largest absolute Gasteiger partial charge is 0.472 e. The van der Waals surface area contributed by atoms with Crippen molar-refractivity contribution in [1.82, 2.24) is 4.90 Å². The van der Waals surface area contributed by atoms with Crippen LogP contribution in [-0.4, -0.2) is 18.5 Å². The van der Waals surface area contributed by atoms with Gasteiger partial charge in [-0.3, -0.25) is 4.90 Å². The lowest BCUT2D eigenvalue weighted by Gasteiger charge is -2.24. The predicted octanol–water partition coefficient (Wildman–Crippen LogP) is 2.57. The Balaban J connectivity index is 2.07. The lowest BCUT2D eigenvalue weighted by atomic mass is 10.2. The van der Waals surface area contributed by atoms with E-state index in [0.29, 0.717) is 6.54 Å². The minimum atomic E-state index is 0.0974. The van der Waals surface area contributed by atoms with E-state index in [2.05, 4.69) is 11.8 Å². The van der Waals surface area contributed by atoms with E-state index < -0.39 is 0 Å². The third-order valence-corrected chi connectivity index (χ3v) is 3.13. The lowest BCUT2D eigenvalue weighted by Crippen LogP contribution is -2.29. The van der Waals surface area contributed by atoms with Crippen LogP contribution in [0.15, 0.2) is 39.6 Å². The molecule has 0 fully saturated rings. The van der Waals surface area contributed by atoms with E-state index in [1.807, 2.05) is 25.2 Å². The van der Waals surface area contributed by atoms with E-state index in [1.54, 1.807) is 12.5 Å². The van der Waals surface area contributed by atoms with E-state index in [1.165, 1.54) is 0 Å². The van der Waals surface area contributed by atoms with Crippen molar-refractivity contribution >= 4 is 0 Å². The summed E-state index contributed by atoms with van der Waals surface area (Å²) >= 11 is 0. The molecule has 2 aromatic heterocycles. The summed E-state index contributed by atoms with van der Waals surface area (Å²) in [6.45, 7) is 3.40. The van der Waals surface area contributed by atoms with Crippen LogP contribution in [0.2, 0.25) is 0 Å². The first-order chi connectivity index (χ1) is 8.74. The summed E-state index contributed by atoms with van der Waals surface area (Å²) in [5, 5.41) is 0. The van der Waals surface area contributed by atoms with Crippen LogP contribution in [0.4, 0.5) is 0 Å². The minimum absolute atomic E-state index is 0.0974. The van der Waals surface area contributed by atoms with Crippen molar-refractivity contribution in [2.75, 3.05) is 13.6 Å². The lowest BCUT2D eigenvalue weighted by molar-refractivity contribution is 0.210. The number of furan rings is 2. The van der Waals surface area contributed by atoms with Crippen molar-refractivity contribution in [3.63, 3.8) is 0 Å². The maximum atomic E-state index is 5.86. The number of aryl methyl sites for hydroxylation is 1. The van der Waals surface area contributed by atoms with Crippen molar-refractivity contribution in [2.24, 2.45) is 5.73 Å². The van der Waals surface area contributed by atoms with E-state index in [-0.39, 0.29) is 6.04 Å². The van der Waals surface area contributed by atoms with Gasteiger partial charge in [0.05, 0.1) is 18.6 Å². The molecule has 4 heteroatoms. The molecule has 1 atom stereocenters. The van der Waals surface area contributed by atoms with Gasteiger partial charge in [-0.25, -0.2) is 0 Å². The van der Waals surface area contributed by atoms with Crippen LogP contribution in [0.25, 0.3) is 0 Å². The Bertz CT molecular complexity index is 462.